The van der Waals surface area contributed by atoms with Crippen molar-refractivity contribution in [3.8, 4) is 5.75 Å². The number of methoxy groups -OCH3 is 1. The number of esters is 1. The summed E-state index contributed by atoms with van der Waals surface area (Å²) in [5, 5.41) is 2.17. The molecule has 0 aliphatic heterocycles. The summed E-state index contributed by atoms with van der Waals surface area (Å²) in [6.07, 6.45) is 0. The van der Waals surface area contributed by atoms with E-state index < -0.39 is 0 Å². The van der Waals surface area contributed by atoms with Gasteiger partial charge < -0.3 is 9.47 Å². The molecule has 24 heavy (non-hydrogen) atoms. The molecule has 0 amide bonds. The summed E-state index contributed by atoms with van der Waals surface area (Å²) >= 11 is 0. The SMILES string of the molecule is COc1ccc2cc(C(C)C(=O)OCc3ccccc3)ccc2c1. The fourth-order valence-electron chi connectivity index (χ4n) is 2.63. The second kappa shape index (κ2) is 7.18. The molecule has 0 heterocycles. The summed E-state index contributed by atoms with van der Waals surface area (Å²) in [5.74, 6) is 0.303. The Morgan fingerprint density at radius 2 is 1.67 bits per heavy atom. The third-order valence-corrected chi connectivity index (χ3v) is 4.15. The molecule has 0 saturated heterocycles. The van der Waals surface area contributed by atoms with Gasteiger partial charge in [0.1, 0.15) is 12.4 Å². The molecule has 1 unspecified atom stereocenters. The van der Waals surface area contributed by atoms with Crippen molar-refractivity contribution in [3.05, 3.63) is 77.9 Å². The van der Waals surface area contributed by atoms with Crippen LogP contribution < -0.4 is 4.74 Å². The number of rotatable bonds is 5. The summed E-state index contributed by atoms with van der Waals surface area (Å²) < 4.78 is 10.7. The molecule has 3 rings (SSSR count). The first-order valence-corrected chi connectivity index (χ1v) is 7.95. The van der Waals surface area contributed by atoms with Gasteiger partial charge in [-0.25, -0.2) is 0 Å². The predicted molar refractivity (Wildman–Crippen MR) is 95.2 cm³/mol. The largest absolute Gasteiger partial charge is 0.497 e. The Hall–Kier alpha value is -2.81. The smallest absolute Gasteiger partial charge is 0.313 e. The Labute approximate surface area is 141 Å². The van der Waals surface area contributed by atoms with Crippen LogP contribution in [0.5, 0.6) is 5.75 Å². The van der Waals surface area contributed by atoms with Crippen LogP contribution in [-0.4, -0.2) is 13.1 Å². The first-order valence-electron chi connectivity index (χ1n) is 7.95. The summed E-state index contributed by atoms with van der Waals surface area (Å²) in [4.78, 5) is 12.3. The molecule has 3 heteroatoms. The average molecular weight is 320 g/mol. The predicted octanol–water partition coefficient (Wildman–Crippen LogP) is 4.70. The van der Waals surface area contributed by atoms with E-state index in [1.807, 2.05) is 73.7 Å². The number of fused-ring (bicyclic) bond motifs is 1. The lowest BCUT2D eigenvalue weighted by atomic mass is 9.98. The Kier molecular flexibility index (Phi) is 4.80. The van der Waals surface area contributed by atoms with Crippen LogP contribution in [0.25, 0.3) is 10.8 Å². The molecular weight excluding hydrogens is 300 g/mol. The van der Waals surface area contributed by atoms with Gasteiger partial charge in [0, 0.05) is 0 Å². The Morgan fingerprint density at radius 3 is 2.42 bits per heavy atom. The van der Waals surface area contributed by atoms with Gasteiger partial charge in [-0.05, 0) is 41.0 Å². The lowest BCUT2D eigenvalue weighted by molar-refractivity contribution is -0.146. The fourth-order valence-corrected chi connectivity index (χ4v) is 2.63. The van der Waals surface area contributed by atoms with Crippen molar-refractivity contribution in [1.29, 1.82) is 0 Å². The highest BCUT2D eigenvalue weighted by Gasteiger charge is 2.17. The van der Waals surface area contributed by atoms with E-state index in [4.69, 9.17) is 9.47 Å². The third kappa shape index (κ3) is 3.57. The van der Waals surface area contributed by atoms with Gasteiger partial charge in [0.25, 0.3) is 0 Å². The van der Waals surface area contributed by atoms with Gasteiger partial charge in [-0.15, -0.1) is 0 Å². The molecule has 0 aliphatic rings. The van der Waals surface area contributed by atoms with Crippen molar-refractivity contribution in [2.45, 2.75) is 19.4 Å². The quantitative estimate of drug-likeness (QED) is 0.639. The normalized spacial score (nSPS) is 11.9. The van der Waals surface area contributed by atoms with Gasteiger partial charge in [0.15, 0.2) is 0 Å². The Balaban J connectivity index is 1.72. The van der Waals surface area contributed by atoms with Crippen LogP contribution in [-0.2, 0) is 16.1 Å². The third-order valence-electron chi connectivity index (χ3n) is 4.15. The summed E-state index contributed by atoms with van der Waals surface area (Å²) in [5.41, 5.74) is 1.94. The fraction of sp³-hybridized carbons (Fsp3) is 0.190. The molecule has 122 valence electrons. The van der Waals surface area contributed by atoms with Crippen LogP contribution in [0.15, 0.2) is 66.7 Å². The van der Waals surface area contributed by atoms with Crippen LogP contribution in [0.2, 0.25) is 0 Å². The second-order valence-corrected chi connectivity index (χ2v) is 5.79. The van der Waals surface area contributed by atoms with E-state index in [0.717, 1.165) is 27.6 Å². The van der Waals surface area contributed by atoms with Crippen LogP contribution in [0.1, 0.15) is 24.0 Å². The van der Waals surface area contributed by atoms with Crippen molar-refractivity contribution in [2.24, 2.45) is 0 Å². The summed E-state index contributed by atoms with van der Waals surface area (Å²) in [6.45, 7) is 2.17. The number of benzene rings is 3. The van der Waals surface area contributed by atoms with Gasteiger partial charge in [0.05, 0.1) is 13.0 Å². The van der Waals surface area contributed by atoms with Gasteiger partial charge in [-0.2, -0.15) is 0 Å². The molecule has 3 nitrogen and oxygen atoms in total. The van der Waals surface area contributed by atoms with Crippen molar-refractivity contribution < 1.29 is 14.3 Å². The van der Waals surface area contributed by atoms with Crippen LogP contribution in [0.4, 0.5) is 0 Å². The van der Waals surface area contributed by atoms with E-state index in [2.05, 4.69) is 0 Å². The highest BCUT2D eigenvalue weighted by atomic mass is 16.5. The van der Waals surface area contributed by atoms with Gasteiger partial charge in [0.2, 0.25) is 0 Å². The van der Waals surface area contributed by atoms with E-state index in [-0.39, 0.29) is 11.9 Å². The summed E-state index contributed by atoms with van der Waals surface area (Å²) in [7, 11) is 1.65. The highest BCUT2D eigenvalue weighted by Crippen LogP contribution is 2.26. The van der Waals surface area contributed by atoms with Crippen LogP contribution in [0, 0.1) is 0 Å². The van der Waals surface area contributed by atoms with Gasteiger partial charge in [-0.1, -0.05) is 54.6 Å². The topological polar surface area (TPSA) is 35.5 Å². The summed E-state index contributed by atoms with van der Waals surface area (Å²) in [6, 6.07) is 21.6. The number of hydrogen-bond acceptors (Lipinski definition) is 3. The molecule has 0 aliphatic carbocycles. The molecule has 3 aromatic rings. The molecule has 0 saturated carbocycles. The van der Waals surface area contributed by atoms with Crippen molar-refractivity contribution in [2.75, 3.05) is 7.11 Å². The highest BCUT2D eigenvalue weighted by molar-refractivity contribution is 5.86. The minimum Gasteiger partial charge on any atom is -0.497 e. The first kappa shape index (κ1) is 16.1. The van der Waals surface area contributed by atoms with Crippen molar-refractivity contribution in [1.82, 2.24) is 0 Å². The molecule has 0 aromatic heterocycles. The maximum absolute atomic E-state index is 12.3. The lowest BCUT2D eigenvalue weighted by Gasteiger charge is -2.13. The standard InChI is InChI=1S/C21H20O3/c1-15(21(22)24-14-16-6-4-3-5-7-16)17-8-9-19-13-20(23-2)11-10-18(19)12-17/h3-13,15H,14H2,1-2H3. The maximum atomic E-state index is 12.3. The monoisotopic (exact) mass is 320 g/mol. The number of hydrogen-bond donors (Lipinski definition) is 0. The van der Waals surface area contributed by atoms with E-state index >= 15 is 0 Å². The minimum absolute atomic E-state index is 0.216. The maximum Gasteiger partial charge on any atom is 0.313 e. The van der Waals surface area contributed by atoms with E-state index in [9.17, 15) is 4.79 Å². The molecule has 1 atom stereocenters. The molecule has 0 fully saturated rings. The van der Waals surface area contributed by atoms with Gasteiger partial charge >= 0.3 is 5.97 Å². The van der Waals surface area contributed by atoms with Gasteiger partial charge in [-0.3, -0.25) is 4.79 Å². The number of carbonyl (C=O) groups is 1. The van der Waals surface area contributed by atoms with Crippen LogP contribution >= 0.6 is 0 Å². The second-order valence-electron chi connectivity index (χ2n) is 5.79. The first-order chi connectivity index (χ1) is 11.7. The van der Waals surface area contributed by atoms with Crippen molar-refractivity contribution >= 4 is 16.7 Å². The zero-order chi connectivity index (χ0) is 16.9. The van der Waals surface area contributed by atoms with Crippen molar-refractivity contribution in [3.63, 3.8) is 0 Å². The molecule has 0 radical (unpaired) electrons. The Morgan fingerprint density at radius 1 is 0.958 bits per heavy atom. The Bertz CT molecular complexity index is 840. The van der Waals surface area contributed by atoms with E-state index in [0.29, 0.717) is 6.61 Å². The molecule has 3 aromatic carbocycles. The number of ether oxygens (including phenoxy) is 2. The van der Waals surface area contributed by atoms with Crippen LogP contribution in [0.3, 0.4) is 0 Å². The molecule has 0 spiro atoms. The lowest BCUT2D eigenvalue weighted by Crippen LogP contribution is -2.13. The molecule has 0 bridgehead atoms. The molecule has 0 N–H and O–H groups in total. The minimum atomic E-state index is -0.305. The average Bonchev–Trinajstić information content (AvgIpc) is 2.65. The number of carbonyl (C=O) groups excluding carboxylic acids is 1. The zero-order valence-corrected chi connectivity index (χ0v) is 13.9. The van der Waals surface area contributed by atoms with E-state index in [1.54, 1.807) is 7.11 Å². The van der Waals surface area contributed by atoms with E-state index in [1.165, 1.54) is 0 Å². The zero-order valence-electron chi connectivity index (χ0n) is 13.9. The molecular formula is C21H20O3.